The van der Waals surface area contributed by atoms with Crippen LogP contribution in [0, 0.1) is 0 Å². The molecule has 1 aromatic heterocycles. The van der Waals surface area contributed by atoms with Crippen molar-refractivity contribution in [3.05, 3.63) is 11.7 Å². The molecule has 2 aliphatic heterocycles. The third-order valence-corrected chi connectivity index (χ3v) is 4.43. The first-order valence-corrected chi connectivity index (χ1v) is 7.67. The molecule has 0 aromatic carbocycles. The molecule has 6 heteroatoms. The summed E-state index contributed by atoms with van der Waals surface area (Å²) < 4.78 is 5.46. The molecule has 112 valence electrons. The van der Waals surface area contributed by atoms with Crippen LogP contribution in [0.5, 0.6) is 0 Å². The van der Waals surface area contributed by atoms with Gasteiger partial charge in [-0.05, 0) is 53.0 Å². The van der Waals surface area contributed by atoms with Gasteiger partial charge in [-0.1, -0.05) is 5.16 Å². The molecule has 3 heterocycles. The molecule has 1 aromatic rings. The van der Waals surface area contributed by atoms with E-state index in [9.17, 15) is 0 Å². The number of hydrogen-bond acceptors (Lipinski definition) is 6. The van der Waals surface area contributed by atoms with Gasteiger partial charge in [-0.3, -0.25) is 4.90 Å². The van der Waals surface area contributed by atoms with E-state index in [4.69, 9.17) is 4.52 Å². The summed E-state index contributed by atoms with van der Waals surface area (Å²) in [6.45, 7) is 4.31. The third kappa shape index (κ3) is 3.19. The Balaban J connectivity index is 1.67. The maximum absolute atomic E-state index is 5.46. The number of nitrogens with one attached hydrogen (secondary N) is 1. The van der Waals surface area contributed by atoms with Crippen molar-refractivity contribution in [1.29, 1.82) is 0 Å². The Bertz CT molecular complexity index is 429. The van der Waals surface area contributed by atoms with Gasteiger partial charge in [0, 0.05) is 19.0 Å². The van der Waals surface area contributed by atoms with E-state index in [2.05, 4.69) is 39.4 Å². The summed E-state index contributed by atoms with van der Waals surface area (Å²) in [6, 6.07) is 0.759. The van der Waals surface area contributed by atoms with Gasteiger partial charge in [0.05, 0.1) is 6.04 Å². The zero-order valence-electron chi connectivity index (χ0n) is 12.5. The molecule has 2 atom stereocenters. The van der Waals surface area contributed by atoms with Crippen LogP contribution >= 0.6 is 0 Å². The largest absolute Gasteiger partial charge is 0.339 e. The topological polar surface area (TPSA) is 57.4 Å². The van der Waals surface area contributed by atoms with Gasteiger partial charge in [-0.25, -0.2) is 0 Å². The summed E-state index contributed by atoms with van der Waals surface area (Å²) in [5.41, 5.74) is 0. The summed E-state index contributed by atoms with van der Waals surface area (Å²) >= 11 is 0. The quantitative estimate of drug-likeness (QED) is 0.878. The molecule has 0 saturated carbocycles. The van der Waals surface area contributed by atoms with E-state index in [1.54, 1.807) is 0 Å². The molecule has 20 heavy (non-hydrogen) atoms. The first-order chi connectivity index (χ1) is 9.72. The van der Waals surface area contributed by atoms with E-state index >= 15 is 0 Å². The van der Waals surface area contributed by atoms with Crippen LogP contribution in [0.15, 0.2) is 4.52 Å². The molecule has 1 N–H and O–H groups in total. The van der Waals surface area contributed by atoms with Gasteiger partial charge < -0.3 is 14.7 Å². The highest BCUT2D eigenvalue weighted by Crippen LogP contribution is 2.21. The number of hydrogen-bond donors (Lipinski definition) is 1. The molecule has 2 aliphatic rings. The zero-order chi connectivity index (χ0) is 13.9. The molecule has 2 fully saturated rings. The van der Waals surface area contributed by atoms with Crippen molar-refractivity contribution >= 4 is 0 Å². The van der Waals surface area contributed by atoms with Crippen LogP contribution in [-0.4, -0.2) is 66.3 Å². The second kappa shape index (κ2) is 6.20. The lowest BCUT2D eigenvalue weighted by atomic mass is 10.1. The maximum atomic E-state index is 5.46. The molecule has 6 nitrogen and oxygen atoms in total. The molecule has 0 spiro atoms. The SMILES string of the molecule is CN1CCCN(C)C(c2noc(CC3CCCN3)n2)C1. The molecule has 2 saturated heterocycles. The van der Waals surface area contributed by atoms with Crippen molar-refractivity contribution in [3.8, 4) is 0 Å². The summed E-state index contributed by atoms with van der Waals surface area (Å²) in [5, 5.41) is 7.70. The summed E-state index contributed by atoms with van der Waals surface area (Å²) in [6.07, 6.45) is 4.52. The fraction of sp³-hybridized carbons (Fsp3) is 0.857. The lowest BCUT2D eigenvalue weighted by molar-refractivity contribution is 0.214. The molecular formula is C14H25N5O. The second-order valence-electron chi connectivity index (χ2n) is 6.16. The number of rotatable bonds is 3. The van der Waals surface area contributed by atoms with Crippen LogP contribution in [0.25, 0.3) is 0 Å². The van der Waals surface area contributed by atoms with Crippen LogP contribution in [0.2, 0.25) is 0 Å². The Hall–Kier alpha value is -0.980. The molecule has 2 unspecified atom stereocenters. The van der Waals surface area contributed by atoms with E-state index < -0.39 is 0 Å². The van der Waals surface area contributed by atoms with Crippen molar-refractivity contribution in [1.82, 2.24) is 25.3 Å². The minimum absolute atomic E-state index is 0.247. The van der Waals surface area contributed by atoms with Crippen molar-refractivity contribution in [3.63, 3.8) is 0 Å². The van der Waals surface area contributed by atoms with E-state index in [1.165, 1.54) is 19.3 Å². The van der Waals surface area contributed by atoms with E-state index in [0.717, 1.165) is 44.3 Å². The smallest absolute Gasteiger partial charge is 0.228 e. The lowest BCUT2D eigenvalue weighted by Gasteiger charge is -2.24. The lowest BCUT2D eigenvalue weighted by Crippen LogP contribution is -2.31. The minimum atomic E-state index is 0.247. The second-order valence-corrected chi connectivity index (χ2v) is 6.16. The fourth-order valence-electron chi connectivity index (χ4n) is 3.18. The first-order valence-electron chi connectivity index (χ1n) is 7.67. The van der Waals surface area contributed by atoms with Crippen LogP contribution in [0.1, 0.15) is 37.0 Å². The van der Waals surface area contributed by atoms with Gasteiger partial charge in [-0.2, -0.15) is 4.98 Å². The highest BCUT2D eigenvalue weighted by Gasteiger charge is 2.27. The van der Waals surface area contributed by atoms with Crippen molar-refractivity contribution in [2.24, 2.45) is 0 Å². The predicted octanol–water partition coefficient (Wildman–Crippen LogP) is 0.673. The molecule has 3 rings (SSSR count). The van der Waals surface area contributed by atoms with Gasteiger partial charge in [0.1, 0.15) is 0 Å². The van der Waals surface area contributed by atoms with Gasteiger partial charge in [0.25, 0.3) is 0 Å². The van der Waals surface area contributed by atoms with Crippen molar-refractivity contribution in [2.45, 2.75) is 37.8 Å². The number of aromatic nitrogens is 2. The summed E-state index contributed by atoms with van der Waals surface area (Å²) in [7, 11) is 4.31. The molecule has 0 aliphatic carbocycles. The highest BCUT2D eigenvalue weighted by molar-refractivity contribution is 4.98. The Labute approximate surface area is 120 Å². The normalized spacial score (nSPS) is 29.7. The van der Waals surface area contributed by atoms with Gasteiger partial charge in [-0.15, -0.1) is 0 Å². The first kappa shape index (κ1) is 14.0. The Morgan fingerprint density at radius 2 is 2.20 bits per heavy atom. The Morgan fingerprint density at radius 3 is 3.00 bits per heavy atom. The fourth-order valence-corrected chi connectivity index (χ4v) is 3.18. The standard InChI is InChI=1S/C14H25N5O/c1-18-7-4-8-19(2)12(10-18)14-16-13(20-17-14)9-11-5-3-6-15-11/h11-12,15H,3-10H2,1-2H3. The third-order valence-electron chi connectivity index (χ3n) is 4.43. The highest BCUT2D eigenvalue weighted by atomic mass is 16.5. The Morgan fingerprint density at radius 1 is 1.30 bits per heavy atom. The number of nitrogens with zero attached hydrogens (tertiary/aromatic N) is 4. The van der Waals surface area contributed by atoms with E-state index in [0.29, 0.717) is 6.04 Å². The molecule has 0 radical (unpaired) electrons. The molecular weight excluding hydrogens is 254 g/mol. The average molecular weight is 279 g/mol. The van der Waals surface area contributed by atoms with Crippen LogP contribution in [0.4, 0.5) is 0 Å². The monoisotopic (exact) mass is 279 g/mol. The van der Waals surface area contributed by atoms with Crippen molar-refractivity contribution in [2.75, 3.05) is 40.3 Å². The van der Waals surface area contributed by atoms with Crippen LogP contribution < -0.4 is 5.32 Å². The summed E-state index contributed by atoms with van der Waals surface area (Å²) in [5.74, 6) is 1.62. The average Bonchev–Trinajstić information content (AvgIpc) is 3.05. The van der Waals surface area contributed by atoms with Crippen LogP contribution in [0.3, 0.4) is 0 Å². The van der Waals surface area contributed by atoms with Gasteiger partial charge in [0.15, 0.2) is 5.82 Å². The molecule has 0 amide bonds. The van der Waals surface area contributed by atoms with E-state index in [-0.39, 0.29) is 6.04 Å². The Kier molecular flexibility index (Phi) is 4.33. The predicted molar refractivity (Wildman–Crippen MR) is 76.5 cm³/mol. The van der Waals surface area contributed by atoms with Gasteiger partial charge >= 0.3 is 0 Å². The van der Waals surface area contributed by atoms with E-state index in [1.807, 2.05) is 0 Å². The maximum Gasteiger partial charge on any atom is 0.228 e. The minimum Gasteiger partial charge on any atom is -0.339 e. The van der Waals surface area contributed by atoms with Crippen LogP contribution in [-0.2, 0) is 6.42 Å². The summed E-state index contributed by atoms with van der Waals surface area (Å²) in [4.78, 5) is 9.33. The van der Waals surface area contributed by atoms with Gasteiger partial charge in [0.2, 0.25) is 5.89 Å². The van der Waals surface area contributed by atoms with Crippen molar-refractivity contribution < 1.29 is 4.52 Å². The zero-order valence-corrected chi connectivity index (χ0v) is 12.5. The molecule has 0 bridgehead atoms. The number of likely N-dealkylation sites (N-methyl/N-ethyl adjacent to an activating group) is 2.